The van der Waals surface area contributed by atoms with Gasteiger partial charge in [0.05, 0.1) is 0 Å². The van der Waals surface area contributed by atoms with Crippen LogP contribution < -0.4 is 10.5 Å². The lowest BCUT2D eigenvalue weighted by Crippen LogP contribution is -2.23. The molecule has 0 aliphatic carbocycles. The largest absolute Gasteiger partial charge is 0.381 e. The fourth-order valence-corrected chi connectivity index (χ4v) is 2.63. The van der Waals surface area contributed by atoms with E-state index in [1.54, 1.807) is 24.5 Å². The molecule has 0 amide bonds. The van der Waals surface area contributed by atoms with Crippen molar-refractivity contribution in [2.45, 2.75) is 24.9 Å². The van der Waals surface area contributed by atoms with Crippen LogP contribution in [0.2, 0.25) is 0 Å². The molecule has 102 valence electrons. The Labute approximate surface area is 111 Å². The van der Waals surface area contributed by atoms with Crippen molar-refractivity contribution in [2.75, 3.05) is 5.73 Å². The molecule has 0 fully saturated rings. The molecule has 0 radical (unpaired) electrons. The van der Waals surface area contributed by atoms with Gasteiger partial charge in [0.2, 0.25) is 10.0 Å². The van der Waals surface area contributed by atoms with E-state index in [-0.39, 0.29) is 17.3 Å². The van der Waals surface area contributed by atoms with Gasteiger partial charge in [-0.1, -0.05) is 0 Å². The van der Waals surface area contributed by atoms with E-state index in [0.29, 0.717) is 6.54 Å². The van der Waals surface area contributed by atoms with E-state index in [0.717, 1.165) is 5.56 Å². The predicted octanol–water partition coefficient (Wildman–Crippen LogP) is 0.359. The number of pyridine rings is 1. The lowest BCUT2D eigenvalue weighted by Gasteiger charge is -2.05. The molecular formula is C11H15N5O2S. The summed E-state index contributed by atoms with van der Waals surface area (Å²) in [7, 11) is -3.66. The van der Waals surface area contributed by atoms with Gasteiger partial charge in [0.25, 0.3) is 0 Å². The van der Waals surface area contributed by atoms with E-state index in [2.05, 4.69) is 14.8 Å². The van der Waals surface area contributed by atoms with Crippen molar-refractivity contribution in [3.05, 3.63) is 36.3 Å². The van der Waals surface area contributed by atoms with Crippen molar-refractivity contribution >= 4 is 15.8 Å². The van der Waals surface area contributed by atoms with E-state index in [9.17, 15) is 8.42 Å². The summed E-state index contributed by atoms with van der Waals surface area (Å²) in [5.41, 5.74) is 6.43. The number of aromatic nitrogens is 3. The van der Waals surface area contributed by atoms with Crippen LogP contribution in [0.5, 0.6) is 0 Å². The third kappa shape index (κ3) is 3.09. The molecule has 0 aliphatic heterocycles. The Morgan fingerprint density at radius 1 is 1.37 bits per heavy atom. The molecule has 2 aromatic heterocycles. The Hall–Kier alpha value is -1.93. The molecule has 3 N–H and O–H groups in total. The zero-order valence-corrected chi connectivity index (χ0v) is 11.3. The van der Waals surface area contributed by atoms with Gasteiger partial charge in [-0.05, 0) is 24.6 Å². The Bertz CT molecular complexity index is 651. The molecule has 2 rings (SSSR count). The molecule has 0 atom stereocenters. The van der Waals surface area contributed by atoms with Crippen LogP contribution in [-0.2, 0) is 23.1 Å². The quantitative estimate of drug-likeness (QED) is 0.823. The summed E-state index contributed by atoms with van der Waals surface area (Å²) in [6.07, 6.45) is 4.63. The maximum atomic E-state index is 12.1. The normalized spacial score (nSPS) is 11.6. The van der Waals surface area contributed by atoms with Crippen LogP contribution in [0.15, 0.2) is 35.6 Å². The first-order chi connectivity index (χ1) is 9.03. The average molecular weight is 281 g/mol. The molecule has 8 heteroatoms. The molecule has 0 saturated heterocycles. The zero-order chi connectivity index (χ0) is 13.9. The molecule has 0 aromatic carbocycles. The van der Waals surface area contributed by atoms with Crippen molar-refractivity contribution in [1.82, 2.24) is 19.5 Å². The summed E-state index contributed by atoms with van der Waals surface area (Å²) in [5, 5.41) is 3.92. The van der Waals surface area contributed by atoms with E-state index >= 15 is 0 Å². The second kappa shape index (κ2) is 5.37. The zero-order valence-electron chi connectivity index (χ0n) is 10.4. The fourth-order valence-electron chi connectivity index (χ4n) is 1.54. The molecule has 0 spiro atoms. The molecule has 2 aromatic rings. The monoisotopic (exact) mass is 281 g/mol. The van der Waals surface area contributed by atoms with Crippen molar-refractivity contribution in [1.29, 1.82) is 0 Å². The number of nitrogens with two attached hydrogens (primary N) is 1. The van der Waals surface area contributed by atoms with Crippen LogP contribution in [0.4, 0.5) is 5.82 Å². The fraction of sp³-hybridized carbons (Fsp3) is 0.273. The maximum Gasteiger partial charge on any atom is 0.246 e. The minimum Gasteiger partial charge on any atom is -0.381 e. The molecule has 2 heterocycles. The number of anilines is 1. The van der Waals surface area contributed by atoms with Gasteiger partial charge in [-0.2, -0.15) is 5.10 Å². The highest BCUT2D eigenvalue weighted by Crippen LogP contribution is 2.16. The smallest absolute Gasteiger partial charge is 0.246 e. The summed E-state index contributed by atoms with van der Waals surface area (Å²) in [4.78, 5) is 3.87. The van der Waals surface area contributed by atoms with Crippen LogP contribution in [0.3, 0.4) is 0 Å². The average Bonchev–Trinajstić information content (AvgIpc) is 2.80. The van der Waals surface area contributed by atoms with E-state index < -0.39 is 10.0 Å². The number of rotatable bonds is 5. The SMILES string of the molecule is CCn1cc(S(=O)(=O)NCc2ccncc2)c(N)n1. The van der Waals surface area contributed by atoms with E-state index in [1.807, 2.05) is 6.92 Å². The summed E-state index contributed by atoms with van der Waals surface area (Å²) < 4.78 is 28.2. The second-order valence-electron chi connectivity index (χ2n) is 3.91. The van der Waals surface area contributed by atoms with Gasteiger partial charge >= 0.3 is 0 Å². The number of aryl methyl sites for hydroxylation is 1. The van der Waals surface area contributed by atoms with Crippen molar-refractivity contribution in [3.8, 4) is 0 Å². The van der Waals surface area contributed by atoms with Gasteiger partial charge in [-0.3, -0.25) is 9.67 Å². The third-order valence-corrected chi connectivity index (χ3v) is 4.00. The number of nitrogens with zero attached hydrogens (tertiary/aromatic N) is 3. The minimum atomic E-state index is -3.66. The van der Waals surface area contributed by atoms with Gasteiger partial charge in [-0.25, -0.2) is 13.1 Å². The summed E-state index contributed by atoms with van der Waals surface area (Å²) in [6.45, 7) is 2.60. The first kappa shape index (κ1) is 13.5. The predicted molar refractivity (Wildman–Crippen MR) is 70.6 cm³/mol. The number of nitrogens with one attached hydrogen (secondary N) is 1. The van der Waals surface area contributed by atoms with Crippen LogP contribution in [0.1, 0.15) is 12.5 Å². The van der Waals surface area contributed by atoms with Crippen LogP contribution >= 0.6 is 0 Å². The van der Waals surface area contributed by atoms with Gasteiger partial charge in [0.15, 0.2) is 5.82 Å². The second-order valence-corrected chi connectivity index (χ2v) is 5.65. The van der Waals surface area contributed by atoms with Gasteiger partial charge < -0.3 is 5.73 Å². The third-order valence-electron chi connectivity index (χ3n) is 2.58. The number of hydrogen-bond acceptors (Lipinski definition) is 5. The standard InChI is InChI=1S/C11H15N5O2S/c1-2-16-8-10(11(12)15-16)19(17,18)14-7-9-3-5-13-6-4-9/h3-6,8,14H,2,7H2,1H3,(H2,12,15). The molecule has 0 saturated carbocycles. The van der Waals surface area contributed by atoms with E-state index in [4.69, 9.17) is 5.73 Å². The first-order valence-corrected chi connectivity index (χ1v) is 7.22. The maximum absolute atomic E-state index is 12.1. The van der Waals surface area contributed by atoms with E-state index in [1.165, 1.54) is 10.9 Å². The molecule has 7 nitrogen and oxygen atoms in total. The van der Waals surface area contributed by atoms with Gasteiger partial charge in [0, 0.05) is 31.7 Å². The van der Waals surface area contributed by atoms with Crippen LogP contribution in [-0.4, -0.2) is 23.2 Å². The Morgan fingerprint density at radius 3 is 2.63 bits per heavy atom. The first-order valence-electron chi connectivity index (χ1n) is 5.74. The van der Waals surface area contributed by atoms with Crippen LogP contribution in [0.25, 0.3) is 0 Å². The molecular weight excluding hydrogens is 266 g/mol. The molecule has 0 unspecified atom stereocenters. The molecule has 0 aliphatic rings. The Kier molecular flexibility index (Phi) is 3.82. The summed E-state index contributed by atoms with van der Waals surface area (Å²) in [6, 6.07) is 3.47. The Balaban J connectivity index is 2.16. The summed E-state index contributed by atoms with van der Waals surface area (Å²) in [5.74, 6) is 0.00378. The highest BCUT2D eigenvalue weighted by molar-refractivity contribution is 7.89. The number of sulfonamides is 1. The highest BCUT2D eigenvalue weighted by atomic mass is 32.2. The van der Waals surface area contributed by atoms with Gasteiger partial charge in [0.1, 0.15) is 4.90 Å². The van der Waals surface area contributed by atoms with Crippen molar-refractivity contribution in [3.63, 3.8) is 0 Å². The van der Waals surface area contributed by atoms with Crippen LogP contribution in [0, 0.1) is 0 Å². The topological polar surface area (TPSA) is 103 Å². The molecule has 19 heavy (non-hydrogen) atoms. The minimum absolute atomic E-state index is 0.00315. The number of nitrogen functional groups attached to an aromatic ring is 1. The van der Waals surface area contributed by atoms with Crippen molar-refractivity contribution in [2.24, 2.45) is 0 Å². The molecule has 0 bridgehead atoms. The lowest BCUT2D eigenvalue weighted by atomic mass is 10.3. The van der Waals surface area contributed by atoms with Gasteiger partial charge in [-0.15, -0.1) is 0 Å². The number of hydrogen-bond donors (Lipinski definition) is 2. The highest BCUT2D eigenvalue weighted by Gasteiger charge is 2.20. The van der Waals surface area contributed by atoms with Crippen molar-refractivity contribution < 1.29 is 8.42 Å². The Morgan fingerprint density at radius 2 is 2.05 bits per heavy atom. The summed E-state index contributed by atoms with van der Waals surface area (Å²) >= 11 is 0. The lowest BCUT2D eigenvalue weighted by molar-refractivity contribution is 0.581.